The largest absolute Gasteiger partial charge is 0.393 e. The Morgan fingerprint density at radius 1 is 1.10 bits per heavy atom. The molecule has 0 bridgehead atoms. The van der Waals surface area contributed by atoms with Crippen molar-refractivity contribution in [1.29, 1.82) is 5.26 Å². The number of aromatic nitrogens is 2. The van der Waals surface area contributed by atoms with Gasteiger partial charge in [0.2, 0.25) is 0 Å². The number of nitrogens with zero attached hydrogens (tertiary/aromatic N) is 3. The maximum Gasteiger partial charge on any atom is 0.393 e. The molecule has 40 heavy (non-hydrogen) atoms. The van der Waals surface area contributed by atoms with Crippen LogP contribution in [-0.4, -0.2) is 35.3 Å². The van der Waals surface area contributed by atoms with Crippen molar-refractivity contribution >= 4 is 38.1 Å². The van der Waals surface area contributed by atoms with Crippen molar-refractivity contribution in [3.63, 3.8) is 0 Å². The van der Waals surface area contributed by atoms with Gasteiger partial charge in [0.15, 0.2) is 0 Å². The number of aromatic amines is 1. The van der Waals surface area contributed by atoms with E-state index >= 15 is 0 Å². The molecule has 4 heterocycles. The lowest BCUT2D eigenvalue weighted by Gasteiger charge is -2.28. The van der Waals surface area contributed by atoms with Crippen LogP contribution in [-0.2, 0) is 13.0 Å². The second kappa shape index (κ2) is 11.1. The third kappa shape index (κ3) is 5.57. The zero-order chi connectivity index (χ0) is 27.9. The molecule has 0 spiro atoms. The lowest BCUT2D eigenvalue weighted by atomic mass is 9.83. The zero-order valence-corrected chi connectivity index (χ0v) is 23.5. The van der Waals surface area contributed by atoms with Crippen LogP contribution in [0.2, 0.25) is 0 Å². The maximum absolute atomic E-state index is 13.1. The number of nitriles is 1. The molecule has 5 nitrogen and oxygen atoms in total. The van der Waals surface area contributed by atoms with E-state index in [1.807, 2.05) is 18.2 Å². The van der Waals surface area contributed by atoms with Gasteiger partial charge < -0.3 is 15.2 Å². The number of alkyl halides is 3. The number of rotatable bonds is 6. The molecule has 2 atom stereocenters. The monoisotopic (exact) mass is 565 g/mol. The van der Waals surface area contributed by atoms with Crippen molar-refractivity contribution in [3.05, 3.63) is 58.2 Å². The van der Waals surface area contributed by atoms with Crippen LogP contribution in [0.5, 0.6) is 0 Å². The van der Waals surface area contributed by atoms with Crippen molar-refractivity contribution in [2.24, 2.45) is 11.8 Å². The molecule has 2 N–H and O–H groups in total. The number of thiophene rings is 1. The van der Waals surface area contributed by atoms with E-state index in [1.54, 1.807) is 12.3 Å². The van der Waals surface area contributed by atoms with Gasteiger partial charge in [-0.15, -0.1) is 11.3 Å². The third-order valence-electron chi connectivity index (χ3n) is 8.91. The topological polar surface area (TPSA) is 67.7 Å². The molecule has 1 saturated heterocycles. The highest BCUT2D eigenvalue weighted by molar-refractivity contribution is 7.18. The summed E-state index contributed by atoms with van der Waals surface area (Å²) in [5, 5.41) is 15.1. The van der Waals surface area contributed by atoms with Gasteiger partial charge in [0.25, 0.3) is 0 Å². The van der Waals surface area contributed by atoms with Gasteiger partial charge in [0, 0.05) is 58.7 Å². The Kier molecular flexibility index (Phi) is 7.49. The van der Waals surface area contributed by atoms with Gasteiger partial charge in [0.1, 0.15) is 16.6 Å². The molecule has 210 valence electrons. The van der Waals surface area contributed by atoms with Gasteiger partial charge in [-0.2, -0.15) is 18.4 Å². The third-order valence-corrected chi connectivity index (χ3v) is 9.95. The average molecular weight is 566 g/mol. The molecule has 4 aromatic rings. The van der Waals surface area contributed by atoms with Crippen LogP contribution < -0.4 is 10.2 Å². The summed E-state index contributed by atoms with van der Waals surface area (Å²) in [5.41, 5.74) is 4.93. The van der Waals surface area contributed by atoms with Crippen LogP contribution >= 0.6 is 11.3 Å². The number of halogens is 3. The SMILES string of the molecule is Cc1c(CNC2CN(c3ccnc4sc(CC(F)(F)F)cc34)CC2C2CCCCCC2)ccc2[nH]c(C#N)cc12. The van der Waals surface area contributed by atoms with E-state index in [2.05, 4.69) is 39.2 Å². The van der Waals surface area contributed by atoms with Crippen molar-refractivity contribution in [3.8, 4) is 6.07 Å². The van der Waals surface area contributed by atoms with E-state index in [0.717, 1.165) is 52.9 Å². The van der Waals surface area contributed by atoms with Gasteiger partial charge >= 0.3 is 6.18 Å². The van der Waals surface area contributed by atoms with E-state index < -0.39 is 12.6 Å². The van der Waals surface area contributed by atoms with Gasteiger partial charge in [-0.3, -0.25) is 0 Å². The first-order chi connectivity index (χ1) is 19.3. The second-order valence-electron chi connectivity index (χ2n) is 11.5. The fourth-order valence-electron chi connectivity index (χ4n) is 6.88. The molecule has 2 aliphatic rings. The molecular weight excluding hydrogens is 531 g/mol. The number of aryl methyl sites for hydroxylation is 1. The number of pyridine rings is 1. The van der Waals surface area contributed by atoms with Gasteiger partial charge in [0.05, 0.1) is 6.42 Å². The van der Waals surface area contributed by atoms with Crippen molar-refractivity contribution in [2.75, 3.05) is 18.0 Å². The molecule has 1 aromatic carbocycles. The smallest absolute Gasteiger partial charge is 0.369 e. The number of anilines is 1. The molecule has 9 heteroatoms. The molecule has 1 aliphatic heterocycles. The average Bonchev–Trinajstić information content (AvgIpc) is 3.58. The Hall–Kier alpha value is -3.09. The molecular formula is C31H34F3N5S. The number of hydrogen-bond donors (Lipinski definition) is 2. The Morgan fingerprint density at radius 2 is 1.90 bits per heavy atom. The van der Waals surface area contributed by atoms with Crippen LogP contribution in [0.3, 0.4) is 0 Å². The van der Waals surface area contributed by atoms with Crippen molar-refractivity contribution in [1.82, 2.24) is 15.3 Å². The summed E-state index contributed by atoms with van der Waals surface area (Å²) in [5.74, 6) is 1.10. The lowest BCUT2D eigenvalue weighted by Crippen LogP contribution is -2.39. The lowest BCUT2D eigenvalue weighted by molar-refractivity contribution is -0.126. The minimum Gasteiger partial charge on any atom is -0.369 e. The summed E-state index contributed by atoms with van der Waals surface area (Å²) in [6.07, 6.45) is 4.20. The Balaban J connectivity index is 1.27. The molecule has 2 unspecified atom stereocenters. The van der Waals surface area contributed by atoms with Crippen LogP contribution in [0.15, 0.2) is 36.5 Å². The van der Waals surface area contributed by atoms with E-state index in [0.29, 0.717) is 27.2 Å². The molecule has 1 saturated carbocycles. The minimum absolute atomic E-state index is 0.274. The van der Waals surface area contributed by atoms with Crippen molar-refractivity contribution in [2.45, 2.75) is 70.6 Å². The number of hydrogen-bond acceptors (Lipinski definition) is 5. The summed E-state index contributed by atoms with van der Waals surface area (Å²) < 4.78 is 39.4. The molecule has 2 fully saturated rings. The molecule has 0 radical (unpaired) electrons. The fraction of sp³-hybridized carbons (Fsp3) is 0.484. The number of benzene rings is 1. The van der Waals surface area contributed by atoms with E-state index in [9.17, 15) is 18.4 Å². The Bertz CT molecular complexity index is 1540. The highest BCUT2D eigenvalue weighted by atomic mass is 32.1. The van der Waals surface area contributed by atoms with E-state index in [4.69, 9.17) is 0 Å². The summed E-state index contributed by atoms with van der Waals surface area (Å²) in [7, 11) is 0. The van der Waals surface area contributed by atoms with Crippen LogP contribution in [0.1, 0.15) is 60.2 Å². The quantitative estimate of drug-likeness (QED) is 0.236. The van der Waals surface area contributed by atoms with Gasteiger partial charge in [-0.1, -0.05) is 44.6 Å². The van der Waals surface area contributed by atoms with Gasteiger partial charge in [-0.05, 0) is 54.2 Å². The summed E-state index contributed by atoms with van der Waals surface area (Å²) in [6.45, 7) is 4.55. The normalized spacial score (nSPS) is 20.8. The first-order valence-electron chi connectivity index (χ1n) is 14.2. The first kappa shape index (κ1) is 27.1. The molecule has 6 rings (SSSR count). The summed E-state index contributed by atoms with van der Waals surface area (Å²) in [6, 6.07) is 12.2. The Morgan fingerprint density at radius 3 is 2.65 bits per heavy atom. The standard InChI is InChI=1S/C31H34F3N5S/c1-19-21(8-9-27-24(19)12-22(15-35)38-27)16-37-28-18-39(17-26(28)20-6-4-2-3-5-7-20)29-10-11-36-30-25(29)13-23(40-30)14-31(32,33)34/h8-13,20,26,28,37-38H,2-7,14,16-18H2,1H3. The highest BCUT2D eigenvalue weighted by Crippen LogP contribution is 2.40. The minimum atomic E-state index is -4.23. The second-order valence-corrected chi connectivity index (χ2v) is 12.6. The first-order valence-corrected chi connectivity index (χ1v) is 15.0. The predicted molar refractivity (Wildman–Crippen MR) is 155 cm³/mol. The number of H-pyrrole nitrogens is 1. The number of nitrogens with one attached hydrogen (secondary N) is 2. The maximum atomic E-state index is 13.1. The van der Waals surface area contributed by atoms with Crippen LogP contribution in [0.4, 0.5) is 18.9 Å². The highest BCUT2D eigenvalue weighted by Gasteiger charge is 2.38. The predicted octanol–water partition coefficient (Wildman–Crippen LogP) is 7.63. The number of fused-ring (bicyclic) bond motifs is 2. The van der Waals surface area contributed by atoms with Gasteiger partial charge in [-0.25, -0.2) is 4.98 Å². The van der Waals surface area contributed by atoms with E-state index in [1.165, 1.54) is 49.7 Å². The molecule has 0 amide bonds. The Labute approximate surface area is 236 Å². The van der Waals surface area contributed by atoms with Crippen molar-refractivity contribution < 1.29 is 13.2 Å². The fourth-order valence-corrected chi connectivity index (χ4v) is 7.93. The van der Waals surface area contributed by atoms with E-state index in [-0.39, 0.29) is 6.04 Å². The van der Waals surface area contributed by atoms with Crippen LogP contribution in [0, 0.1) is 30.1 Å². The molecule has 1 aliphatic carbocycles. The summed E-state index contributed by atoms with van der Waals surface area (Å²) >= 11 is 1.15. The van der Waals surface area contributed by atoms with Crippen LogP contribution in [0.25, 0.3) is 21.1 Å². The zero-order valence-electron chi connectivity index (χ0n) is 22.7. The molecule has 3 aromatic heterocycles. The summed E-state index contributed by atoms with van der Waals surface area (Å²) in [4.78, 5) is 10.9.